The topological polar surface area (TPSA) is 55.8 Å². The Morgan fingerprint density at radius 3 is 2.08 bits per heavy atom. The minimum absolute atomic E-state index is 0.240. The second-order valence-corrected chi connectivity index (χ2v) is 6.32. The number of ether oxygens (including phenoxy) is 2. The van der Waals surface area contributed by atoms with Crippen LogP contribution in [0.25, 0.3) is 0 Å². The Morgan fingerprint density at radius 2 is 1.72 bits per heavy atom. The van der Waals surface area contributed by atoms with Crippen molar-refractivity contribution in [1.29, 1.82) is 0 Å². The molecule has 0 bridgehead atoms. The zero-order valence-electron chi connectivity index (χ0n) is 16.3. The smallest absolute Gasteiger partial charge is 0.410 e. The summed E-state index contributed by atoms with van der Waals surface area (Å²) in [5.74, 6) is 0. The van der Waals surface area contributed by atoms with Crippen LogP contribution in [0.15, 0.2) is 24.3 Å². The third-order valence-electron chi connectivity index (χ3n) is 2.64. The summed E-state index contributed by atoms with van der Waals surface area (Å²) < 4.78 is 10.3. The Hall–Kier alpha value is -1.59. The molecule has 1 aliphatic heterocycles. The highest BCUT2D eigenvalue weighted by Gasteiger charge is 2.23. The third-order valence-corrected chi connectivity index (χ3v) is 2.88. The summed E-state index contributed by atoms with van der Waals surface area (Å²) in [5.41, 5.74) is 0.799. The quantitative estimate of drug-likeness (QED) is 0.658. The first kappa shape index (κ1) is 25.6. The Kier molecular flexibility index (Phi) is 15.1. The van der Waals surface area contributed by atoms with Crippen LogP contribution >= 0.6 is 11.6 Å². The van der Waals surface area contributed by atoms with Gasteiger partial charge in [-0.15, -0.1) is 0 Å². The third kappa shape index (κ3) is 14.5. The highest BCUT2D eigenvalue weighted by atomic mass is 35.5. The highest BCUT2D eigenvalue weighted by Crippen LogP contribution is 2.10. The molecule has 1 aromatic carbocycles. The van der Waals surface area contributed by atoms with E-state index in [2.05, 4.69) is 0 Å². The van der Waals surface area contributed by atoms with Gasteiger partial charge in [-0.05, 0) is 45.4 Å². The molecule has 1 fully saturated rings. The summed E-state index contributed by atoms with van der Waals surface area (Å²) in [6.07, 6.45) is -0.240. The number of hydrogen-bond acceptors (Lipinski definition) is 4. The Bertz CT molecular complexity index is 451. The van der Waals surface area contributed by atoms with Gasteiger partial charge in [-0.25, -0.2) is 4.79 Å². The fourth-order valence-corrected chi connectivity index (χ4v) is 1.92. The lowest BCUT2D eigenvalue weighted by atomic mass is 10.2. The maximum absolute atomic E-state index is 11.5. The number of halogens is 1. The van der Waals surface area contributed by atoms with Gasteiger partial charge in [-0.3, -0.25) is 0 Å². The van der Waals surface area contributed by atoms with Crippen molar-refractivity contribution in [2.45, 2.75) is 47.1 Å². The molecule has 5 nitrogen and oxygen atoms in total. The van der Waals surface area contributed by atoms with Crippen molar-refractivity contribution in [3.8, 4) is 0 Å². The van der Waals surface area contributed by atoms with Crippen LogP contribution in [0.4, 0.5) is 4.79 Å². The molecule has 1 saturated heterocycles. The van der Waals surface area contributed by atoms with Crippen molar-refractivity contribution in [3.05, 3.63) is 34.9 Å². The van der Waals surface area contributed by atoms with Crippen molar-refractivity contribution in [3.63, 3.8) is 0 Å². The van der Waals surface area contributed by atoms with E-state index < -0.39 is 5.60 Å². The SMILES string of the molecule is C=O.CC.CC(C)(C)OC(=O)N1CCOCC1.Cc1cccc(Cl)c1. The number of rotatable bonds is 0. The van der Waals surface area contributed by atoms with E-state index in [1.807, 2.05) is 72.6 Å². The molecule has 144 valence electrons. The van der Waals surface area contributed by atoms with Gasteiger partial charge in [-0.1, -0.05) is 37.6 Å². The van der Waals surface area contributed by atoms with Crippen molar-refractivity contribution in [2.24, 2.45) is 0 Å². The second-order valence-electron chi connectivity index (χ2n) is 5.88. The summed E-state index contributed by atoms with van der Waals surface area (Å²) >= 11 is 5.64. The fraction of sp³-hybridized carbons (Fsp3) is 0.579. The van der Waals surface area contributed by atoms with Crippen molar-refractivity contribution in [1.82, 2.24) is 4.90 Å². The van der Waals surface area contributed by atoms with Crippen molar-refractivity contribution in [2.75, 3.05) is 26.3 Å². The number of benzene rings is 1. The van der Waals surface area contributed by atoms with E-state index >= 15 is 0 Å². The molecule has 0 unspecified atom stereocenters. The van der Waals surface area contributed by atoms with Crippen molar-refractivity contribution >= 4 is 24.5 Å². The predicted octanol–water partition coefficient (Wildman–Crippen LogP) is 4.74. The van der Waals surface area contributed by atoms with Gasteiger partial charge in [0.25, 0.3) is 0 Å². The molecule has 6 heteroatoms. The average molecular weight is 374 g/mol. The number of carbonyl (C=O) groups is 2. The molecule has 0 N–H and O–H groups in total. The van der Waals surface area contributed by atoms with E-state index in [1.54, 1.807) is 4.90 Å². The van der Waals surface area contributed by atoms with E-state index in [4.69, 9.17) is 25.9 Å². The van der Waals surface area contributed by atoms with E-state index in [0.29, 0.717) is 26.3 Å². The number of carbonyl (C=O) groups excluding carboxylic acids is 2. The fourth-order valence-electron chi connectivity index (χ4n) is 1.68. The second kappa shape index (κ2) is 14.7. The molecule has 1 amide bonds. The summed E-state index contributed by atoms with van der Waals surface area (Å²) in [4.78, 5) is 21.1. The average Bonchev–Trinajstić information content (AvgIpc) is 2.58. The summed E-state index contributed by atoms with van der Waals surface area (Å²) in [7, 11) is 0. The first-order chi connectivity index (χ1) is 11.8. The molecular formula is C19H32ClNO4. The van der Waals surface area contributed by atoms with Gasteiger partial charge in [0.15, 0.2) is 0 Å². The van der Waals surface area contributed by atoms with Crippen LogP contribution in [0.2, 0.25) is 5.02 Å². The van der Waals surface area contributed by atoms with Crippen LogP contribution in [-0.2, 0) is 14.3 Å². The number of amides is 1. The Morgan fingerprint density at radius 1 is 1.20 bits per heavy atom. The van der Waals surface area contributed by atoms with E-state index in [0.717, 1.165) is 5.02 Å². The highest BCUT2D eigenvalue weighted by molar-refractivity contribution is 6.30. The lowest BCUT2D eigenvalue weighted by Gasteiger charge is -2.29. The van der Waals surface area contributed by atoms with Gasteiger partial charge in [-0.2, -0.15) is 0 Å². The molecule has 0 radical (unpaired) electrons. The molecule has 1 aliphatic rings. The van der Waals surface area contributed by atoms with Crippen molar-refractivity contribution < 1.29 is 19.1 Å². The van der Waals surface area contributed by atoms with Crippen LogP contribution in [0.1, 0.15) is 40.2 Å². The minimum Gasteiger partial charge on any atom is -0.444 e. The summed E-state index contributed by atoms with van der Waals surface area (Å²) in [6, 6.07) is 7.76. The molecule has 1 aromatic rings. The monoisotopic (exact) mass is 373 g/mol. The standard InChI is InChI=1S/C9H17NO3.C7H7Cl.C2H6.CH2O/c1-9(2,3)13-8(11)10-4-6-12-7-5-10;1-6-3-2-4-7(8)5-6;2*1-2/h4-7H2,1-3H3;2-5H,1H3;1-2H3;1H2. The summed E-state index contributed by atoms with van der Waals surface area (Å²) in [5, 5.41) is 0.810. The summed E-state index contributed by atoms with van der Waals surface area (Å²) in [6.45, 7) is 16.1. The van der Waals surface area contributed by atoms with Crippen LogP contribution in [0, 0.1) is 6.92 Å². The largest absolute Gasteiger partial charge is 0.444 e. The van der Waals surface area contributed by atoms with Gasteiger partial charge < -0.3 is 19.2 Å². The van der Waals surface area contributed by atoms with Crippen LogP contribution in [0.5, 0.6) is 0 Å². The lowest BCUT2D eigenvalue weighted by molar-refractivity contribution is -0.0980. The molecule has 0 spiro atoms. The van der Waals surface area contributed by atoms with Gasteiger partial charge in [0, 0.05) is 18.1 Å². The maximum Gasteiger partial charge on any atom is 0.410 e. The van der Waals surface area contributed by atoms with E-state index in [9.17, 15) is 4.79 Å². The Labute approximate surface area is 157 Å². The molecule has 0 aromatic heterocycles. The lowest BCUT2D eigenvalue weighted by Crippen LogP contribution is -2.43. The maximum atomic E-state index is 11.5. The van der Waals surface area contributed by atoms with E-state index in [1.165, 1.54) is 5.56 Å². The first-order valence-corrected chi connectivity index (χ1v) is 8.72. The number of nitrogens with zero attached hydrogens (tertiary/aromatic N) is 1. The zero-order valence-corrected chi connectivity index (χ0v) is 17.1. The van der Waals surface area contributed by atoms with E-state index in [-0.39, 0.29) is 6.09 Å². The molecule has 25 heavy (non-hydrogen) atoms. The Balaban J connectivity index is 0. The van der Waals surface area contributed by atoms with Gasteiger partial charge >= 0.3 is 6.09 Å². The van der Waals surface area contributed by atoms with Gasteiger partial charge in [0.2, 0.25) is 0 Å². The molecule has 1 heterocycles. The van der Waals surface area contributed by atoms with Crippen LogP contribution in [-0.4, -0.2) is 49.7 Å². The number of hydrogen-bond donors (Lipinski definition) is 0. The molecular weight excluding hydrogens is 342 g/mol. The normalized spacial score (nSPS) is 13.0. The first-order valence-electron chi connectivity index (χ1n) is 8.34. The zero-order chi connectivity index (χ0) is 19.9. The number of morpholine rings is 1. The molecule has 2 rings (SSSR count). The predicted molar refractivity (Wildman–Crippen MR) is 103 cm³/mol. The van der Waals surface area contributed by atoms with Gasteiger partial charge in [0.1, 0.15) is 12.4 Å². The van der Waals surface area contributed by atoms with Gasteiger partial charge in [0.05, 0.1) is 13.2 Å². The molecule has 0 aliphatic carbocycles. The van der Waals surface area contributed by atoms with Crippen LogP contribution < -0.4 is 0 Å². The molecule has 0 atom stereocenters. The number of aryl methyl sites for hydroxylation is 1. The minimum atomic E-state index is -0.407. The van der Waals surface area contributed by atoms with Crippen LogP contribution in [0.3, 0.4) is 0 Å². The molecule has 0 saturated carbocycles.